The average molecular weight is 337 g/mol. The summed E-state index contributed by atoms with van der Waals surface area (Å²) in [6.45, 7) is 5.60. The van der Waals surface area contributed by atoms with E-state index in [0.717, 1.165) is 30.8 Å². The zero-order valence-corrected chi connectivity index (χ0v) is 15.3. The van der Waals surface area contributed by atoms with Crippen molar-refractivity contribution in [1.82, 2.24) is 4.90 Å². The van der Waals surface area contributed by atoms with Crippen molar-refractivity contribution in [2.45, 2.75) is 39.3 Å². The molecule has 0 bridgehead atoms. The van der Waals surface area contributed by atoms with Gasteiger partial charge in [0.1, 0.15) is 6.04 Å². The number of nitrogens with zero attached hydrogens (tertiary/aromatic N) is 2. The lowest BCUT2D eigenvalue weighted by atomic mass is 9.98. The van der Waals surface area contributed by atoms with Crippen molar-refractivity contribution >= 4 is 17.3 Å². The van der Waals surface area contributed by atoms with Crippen LogP contribution in [0.15, 0.2) is 42.5 Å². The van der Waals surface area contributed by atoms with Crippen LogP contribution in [0.1, 0.15) is 30.0 Å². The molecule has 1 atom stereocenters. The maximum absolute atomic E-state index is 13.0. The summed E-state index contributed by atoms with van der Waals surface area (Å²) in [6.07, 6.45) is 2.01. The lowest BCUT2D eigenvalue weighted by Crippen LogP contribution is -2.47. The third kappa shape index (κ3) is 3.48. The lowest BCUT2D eigenvalue weighted by Gasteiger charge is -2.37. The van der Waals surface area contributed by atoms with E-state index in [1.807, 2.05) is 43.1 Å². The van der Waals surface area contributed by atoms with Crippen LogP contribution in [-0.4, -0.2) is 30.4 Å². The fraction of sp³-hybridized carbons (Fsp3) is 0.381. The minimum atomic E-state index is -0.199. The molecule has 4 nitrogen and oxygen atoms in total. The molecule has 1 heterocycles. The highest BCUT2D eigenvalue weighted by atomic mass is 16.2. The first-order valence-corrected chi connectivity index (χ1v) is 8.92. The van der Waals surface area contributed by atoms with Gasteiger partial charge in [0, 0.05) is 31.5 Å². The molecule has 1 amide bonds. The molecule has 0 aromatic heterocycles. The van der Waals surface area contributed by atoms with E-state index in [1.54, 1.807) is 0 Å². The molecule has 0 fully saturated rings. The Morgan fingerprint density at radius 2 is 2.00 bits per heavy atom. The molecule has 1 unspecified atom stereocenters. The minimum Gasteiger partial charge on any atom is -0.398 e. The summed E-state index contributed by atoms with van der Waals surface area (Å²) >= 11 is 0. The molecule has 0 saturated heterocycles. The highest BCUT2D eigenvalue weighted by Crippen LogP contribution is 2.32. The van der Waals surface area contributed by atoms with Crippen molar-refractivity contribution < 1.29 is 4.79 Å². The first kappa shape index (κ1) is 17.3. The van der Waals surface area contributed by atoms with E-state index in [2.05, 4.69) is 30.0 Å². The largest absolute Gasteiger partial charge is 0.398 e. The molecule has 2 N–H and O–H groups in total. The number of likely N-dealkylation sites (N-methyl/N-ethyl adjacent to an activating group) is 1. The van der Waals surface area contributed by atoms with Gasteiger partial charge in [-0.25, -0.2) is 0 Å². The summed E-state index contributed by atoms with van der Waals surface area (Å²) in [5.41, 5.74) is 11.7. The Kier molecular flexibility index (Phi) is 4.98. The van der Waals surface area contributed by atoms with Gasteiger partial charge in [-0.15, -0.1) is 0 Å². The first-order valence-electron chi connectivity index (χ1n) is 8.92. The van der Waals surface area contributed by atoms with Crippen LogP contribution < -0.4 is 10.6 Å². The third-order valence-corrected chi connectivity index (χ3v) is 5.19. The van der Waals surface area contributed by atoms with Gasteiger partial charge in [-0.1, -0.05) is 30.3 Å². The number of aryl methyl sites for hydroxylation is 1. The van der Waals surface area contributed by atoms with E-state index < -0.39 is 0 Å². The summed E-state index contributed by atoms with van der Waals surface area (Å²) in [5, 5.41) is 0. The Balaban J connectivity index is 1.77. The van der Waals surface area contributed by atoms with E-state index in [1.165, 1.54) is 16.7 Å². The van der Waals surface area contributed by atoms with Gasteiger partial charge >= 0.3 is 0 Å². The van der Waals surface area contributed by atoms with Crippen molar-refractivity contribution in [2.24, 2.45) is 0 Å². The van der Waals surface area contributed by atoms with Crippen LogP contribution in [0, 0.1) is 6.92 Å². The molecule has 1 aliphatic heterocycles. The van der Waals surface area contributed by atoms with Gasteiger partial charge in [-0.05, 0) is 55.5 Å². The predicted molar refractivity (Wildman–Crippen MR) is 104 cm³/mol. The van der Waals surface area contributed by atoms with Gasteiger partial charge in [0.25, 0.3) is 0 Å². The lowest BCUT2D eigenvalue weighted by molar-refractivity contribution is -0.131. The molecule has 3 rings (SSSR count). The van der Waals surface area contributed by atoms with Crippen molar-refractivity contribution in [3.8, 4) is 0 Å². The molecule has 2 aromatic rings. The monoisotopic (exact) mass is 337 g/mol. The van der Waals surface area contributed by atoms with Gasteiger partial charge in [0.15, 0.2) is 0 Å². The van der Waals surface area contributed by atoms with Crippen LogP contribution in [0.4, 0.5) is 11.4 Å². The number of anilines is 2. The predicted octanol–water partition coefficient (Wildman–Crippen LogP) is 3.38. The summed E-state index contributed by atoms with van der Waals surface area (Å²) in [4.78, 5) is 17.0. The number of carbonyl (C=O) groups excluding carboxylic acids is 1. The normalized spacial score (nSPS) is 14.8. The second-order valence-corrected chi connectivity index (χ2v) is 6.94. The van der Waals surface area contributed by atoms with Gasteiger partial charge in [-0.2, -0.15) is 0 Å². The number of carbonyl (C=O) groups is 1. The SMILES string of the molecule is Cc1ccccc1CN(C)C(=O)C(C)N1CCCc2c(N)cccc21. The second-order valence-electron chi connectivity index (χ2n) is 6.94. The van der Waals surface area contributed by atoms with Crippen molar-refractivity contribution in [2.75, 3.05) is 24.2 Å². The maximum atomic E-state index is 13.0. The van der Waals surface area contributed by atoms with Crippen LogP contribution in [0.5, 0.6) is 0 Å². The highest BCUT2D eigenvalue weighted by molar-refractivity contribution is 5.86. The summed E-state index contributed by atoms with van der Waals surface area (Å²) < 4.78 is 0. The fourth-order valence-corrected chi connectivity index (χ4v) is 3.66. The Labute approximate surface area is 150 Å². The smallest absolute Gasteiger partial charge is 0.245 e. The van der Waals surface area contributed by atoms with E-state index in [9.17, 15) is 4.79 Å². The molecule has 132 valence electrons. The van der Waals surface area contributed by atoms with Crippen LogP contribution in [0.3, 0.4) is 0 Å². The van der Waals surface area contributed by atoms with Crippen molar-refractivity contribution in [3.63, 3.8) is 0 Å². The Morgan fingerprint density at radius 1 is 1.24 bits per heavy atom. The van der Waals surface area contributed by atoms with Gasteiger partial charge in [-0.3, -0.25) is 4.79 Å². The van der Waals surface area contributed by atoms with Crippen LogP contribution in [-0.2, 0) is 17.8 Å². The Morgan fingerprint density at radius 3 is 2.76 bits per heavy atom. The molecule has 4 heteroatoms. The Bertz CT molecular complexity index is 771. The van der Waals surface area contributed by atoms with Crippen LogP contribution in [0.25, 0.3) is 0 Å². The molecule has 0 saturated carbocycles. The Hall–Kier alpha value is -2.49. The molecule has 2 aromatic carbocycles. The standard InChI is InChI=1S/C21H27N3O/c1-15-8-4-5-9-17(15)14-23(3)21(25)16(2)24-13-7-10-18-19(22)11-6-12-20(18)24/h4-6,8-9,11-12,16H,7,10,13-14,22H2,1-3H3. The number of benzene rings is 2. The number of rotatable bonds is 4. The highest BCUT2D eigenvalue weighted by Gasteiger charge is 2.28. The van der Waals surface area contributed by atoms with Crippen LogP contribution in [0.2, 0.25) is 0 Å². The van der Waals surface area contributed by atoms with Gasteiger partial charge < -0.3 is 15.5 Å². The number of fused-ring (bicyclic) bond motifs is 1. The number of nitrogen functional groups attached to an aromatic ring is 1. The molecule has 0 aliphatic carbocycles. The van der Waals surface area contributed by atoms with E-state index in [0.29, 0.717) is 6.54 Å². The van der Waals surface area contributed by atoms with E-state index in [-0.39, 0.29) is 11.9 Å². The van der Waals surface area contributed by atoms with Crippen molar-refractivity contribution in [3.05, 3.63) is 59.2 Å². The van der Waals surface area contributed by atoms with Crippen LogP contribution >= 0.6 is 0 Å². The molecular weight excluding hydrogens is 310 g/mol. The van der Waals surface area contributed by atoms with Gasteiger partial charge in [0.05, 0.1) is 0 Å². The molecule has 25 heavy (non-hydrogen) atoms. The van der Waals surface area contributed by atoms with E-state index >= 15 is 0 Å². The van der Waals surface area contributed by atoms with Crippen molar-refractivity contribution in [1.29, 1.82) is 0 Å². The van der Waals surface area contributed by atoms with Gasteiger partial charge in [0.2, 0.25) is 5.91 Å². The number of amides is 1. The second kappa shape index (κ2) is 7.18. The fourth-order valence-electron chi connectivity index (χ4n) is 3.66. The molecular formula is C21H27N3O. The minimum absolute atomic E-state index is 0.138. The third-order valence-electron chi connectivity index (χ3n) is 5.19. The molecule has 0 radical (unpaired) electrons. The van der Waals surface area contributed by atoms with E-state index in [4.69, 9.17) is 5.73 Å². The summed E-state index contributed by atoms with van der Waals surface area (Å²) in [5.74, 6) is 0.138. The number of hydrogen-bond donors (Lipinski definition) is 1. The average Bonchev–Trinajstić information content (AvgIpc) is 2.62. The number of nitrogens with two attached hydrogens (primary N) is 1. The zero-order valence-electron chi connectivity index (χ0n) is 15.3. The first-order chi connectivity index (χ1) is 12.0. The zero-order chi connectivity index (χ0) is 18.0. The molecule has 1 aliphatic rings. The molecule has 0 spiro atoms. The maximum Gasteiger partial charge on any atom is 0.245 e. The quantitative estimate of drug-likeness (QED) is 0.870. The topological polar surface area (TPSA) is 49.6 Å². The summed E-state index contributed by atoms with van der Waals surface area (Å²) in [7, 11) is 1.88. The summed E-state index contributed by atoms with van der Waals surface area (Å²) in [6, 6.07) is 14.0. The number of hydrogen-bond acceptors (Lipinski definition) is 3.